The molecule has 146 valence electrons. The van der Waals surface area contributed by atoms with Crippen LogP contribution in [-0.2, 0) is 9.53 Å². The molecule has 2 amide bonds. The van der Waals surface area contributed by atoms with E-state index in [4.69, 9.17) is 4.74 Å². The molecule has 1 saturated carbocycles. The largest absolute Gasteiger partial charge is 0.386 e. The number of carbonyl (C=O) groups excluding carboxylic acids is 2. The number of nitrogens with one attached hydrogen (secondary N) is 1. The van der Waals surface area contributed by atoms with Crippen molar-refractivity contribution < 1.29 is 19.4 Å². The molecule has 0 bridgehead atoms. The maximum Gasteiger partial charge on any atom is 0.275 e. The van der Waals surface area contributed by atoms with E-state index in [0.717, 1.165) is 12.8 Å². The summed E-state index contributed by atoms with van der Waals surface area (Å²) in [5, 5.41) is 13.6. The molecule has 0 spiro atoms. The van der Waals surface area contributed by atoms with Crippen LogP contribution in [0, 0.1) is 5.92 Å². The lowest BCUT2D eigenvalue weighted by Gasteiger charge is -2.38. The van der Waals surface area contributed by atoms with Crippen LogP contribution in [0.25, 0.3) is 0 Å². The maximum absolute atomic E-state index is 12.2. The topological polar surface area (TPSA) is 105 Å². The standard InChI is InChI=1S/C20H22N4O4/c25-18-12-28-11-17(24(18)10-13-1-2-13)19(26)14-3-5-15(6-4-14)23-20(27)16-9-21-7-8-22-16/h3-9,13,17,19,26H,1-2,10-12H2,(H,23,27). The molecule has 1 saturated heterocycles. The second kappa shape index (κ2) is 8.04. The van der Waals surface area contributed by atoms with E-state index >= 15 is 0 Å². The Hall–Kier alpha value is -2.84. The molecule has 2 aliphatic rings. The van der Waals surface area contributed by atoms with Crippen LogP contribution in [0.2, 0.25) is 0 Å². The van der Waals surface area contributed by atoms with Crippen LogP contribution in [0.1, 0.15) is 35.0 Å². The van der Waals surface area contributed by atoms with Gasteiger partial charge in [0.05, 0.1) is 18.8 Å². The van der Waals surface area contributed by atoms with E-state index in [9.17, 15) is 14.7 Å². The zero-order valence-corrected chi connectivity index (χ0v) is 15.3. The molecular formula is C20H22N4O4. The highest BCUT2D eigenvalue weighted by molar-refractivity contribution is 6.02. The second-order valence-corrected chi connectivity index (χ2v) is 7.18. The van der Waals surface area contributed by atoms with Crippen molar-refractivity contribution in [3.8, 4) is 0 Å². The van der Waals surface area contributed by atoms with Gasteiger partial charge in [0, 0.05) is 24.6 Å². The maximum atomic E-state index is 12.2. The third-order valence-corrected chi connectivity index (χ3v) is 5.06. The number of hydrogen-bond acceptors (Lipinski definition) is 6. The van der Waals surface area contributed by atoms with E-state index in [-0.39, 0.29) is 24.1 Å². The van der Waals surface area contributed by atoms with Gasteiger partial charge >= 0.3 is 0 Å². The number of morpholine rings is 1. The lowest BCUT2D eigenvalue weighted by atomic mass is 9.99. The molecule has 2 atom stereocenters. The molecule has 2 fully saturated rings. The van der Waals surface area contributed by atoms with E-state index in [1.54, 1.807) is 29.2 Å². The molecule has 2 aromatic rings. The van der Waals surface area contributed by atoms with Gasteiger partial charge in [-0.25, -0.2) is 4.98 Å². The summed E-state index contributed by atoms with van der Waals surface area (Å²) in [5.74, 6) is 0.105. The third kappa shape index (κ3) is 4.18. The predicted molar refractivity (Wildman–Crippen MR) is 100 cm³/mol. The highest BCUT2D eigenvalue weighted by Crippen LogP contribution is 2.33. The number of ether oxygens (including phenoxy) is 1. The van der Waals surface area contributed by atoms with Gasteiger partial charge in [-0.1, -0.05) is 12.1 Å². The Kier molecular flexibility index (Phi) is 5.31. The van der Waals surface area contributed by atoms with Crippen LogP contribution >= 0.6 is 0 Å². The quantitative estimate of drug-likeness (QED) is 0.783. The first-order valence-electron chi connectivity index (χ1n) is 9.34. The van der Waals surface area contributed by atoms with Crippen LogP contribution in [-0.4, -0.2) is 57.6 Å². The number of nitrogens with zero attached hydrogens (tertiary/aromatic N) is 3. The zero-order valence-electron chi connectivity index (χ0n) is 15.3. The predicted octanol–water partition coefficient (Wildman–Crippen LogP) is 1.40. The molecule has 2 heterocycles. The summed E-state index contributed by atoms with van der Waals surface area (Å²) in [6.45, 7) is 1.06. The number of benzene rings is 1. The number of amides is 2. The molecular weight excluding hydrogens is 360 g/mol. The lowest BCUT2D eigenvalue weighted by molar-refractivity contribution is -0.154. The SMILES string of the molecule is O=C(Nc1ccc(C(O)C2COCC(=O)N2CC2CC2)cc1)c1cnccn1. The van der Waals surface area contributed by atoms with Crippen LogP contribution in [0.3, 0.4) is 0 Å². The van der Waals surface area contributed by atoms with Crippen molar-refractivity contribution in [1.29, 1.82) is 0 Å². The molecule has 1 aromatic carbocycles. The van der Waals surface area contributed by atoms with Crippen molar-refractivity contribution in [3.05, 3.63) is 54.1 Å². The smallest absolute Gasteiger partial charge is 0.275 e. The fourth-order valence-electron chi connectivity index (χ4n) is 3.30. The van der Waals surface area contributed by atoms with Gasteiger partial charge in [0.1, 0.15) is 18.4 Å². The zero-order chi connectivity index (χ0) is 19.5. The highest BCUT2D eigenvalue weighted by atomic mass is 16.5. The van der Waals surface area contributed by atoms with Gasteiger partial charge in [-0.15, -0.1) is 0 Å². The van der Waals surface area contributed by atoms with Crippen molar-refractivity contribution in [3.63, 3.8) is 0 Å². The minimum Gasteiger partial charge on any atom is -0.386 e. The summed E-state index contributed by atoms with van der Waals surface area (Å²) < 4.78 is 5.37. The van der Waals surface area contributed by atoms with Gasteiger partial charge in [-0.05, 0) is 36.5 Å². The Morgan fingerprint density at radius 3 is 2.75 bits per heavy atom. The summed E-state index contributed by atoms with van der Waals surface area (Å²) in [4.78, 5) is 34.0. The summed E-state index contributed by atoms with van der Waals surface area (Å²) in [7, 11) is 0. The van der Waals surface area contributed by atoms with Gasteiger partial charge in [0.25, 0.3) is 5.91 Å². The Labute approximate surface area is 162 Å². The van der Waals surface area contributed by atoms with Crippen molar-refractivity contribution in [2.75, 3.05) is 25.1 Å². The van der Waals surface area contributed by atoms with Gasteiger partial charge in [-0.2, -0.15) is 0 Å². The Morgan fingerprint density at radius 1 is 1.29 bits per heavy atom. The van der Waals surface area contributed by atoms with Gasteiger partial charge < -0.3 is 20.1 Å². The van der Waals surface area contributed by atoms with Gasteiger partial charge in [0.2, 0.25) is 5.91 Å². The minimum absolute atomic E-state index is 0.0727. The molecule has 2 unspecified atom stereocenters. The first kappa shape index (κ1) is 18.5. The van der Waals surface area contributed by atoms with Crippen molar-refractivity contribution in [1.82, 2.24) is 14.9 Å². The summed E-state index contributed by atoms with van der Waals surface area (Å²) >= 11 is 0. The van der Waals surface area contributed by atoms with Crippen LogP contribution in [0.15, 0.2) is 42.9 Å². The normalized spacial score (nSPS) is 20.7. The molecule has 4 rings (SSSR count). The molecule has 8 heteroatoms. The second-order valence-electron chi connectivity index (χ2n) is 7.18. The van der Waals surface area contributed by atoms with Gasteiger partial charge in [-0.3, -0.25) is 14.6 Å². The average molecular weight is 382 g/mol. The average Bonchev–Trinajstić information content (AvgIpc) is 3.54. The number of rotatable bonds is 6. The summed E-state index contributed by atoms with van der Waals surface area (Å²) in [6, 6.07) is 6.51. The molecule has 1 aromatic heterocycles. The molecule has 8 nitrogen and oxygen atoms in total. The third-order valence-electron chi connectivity index (χ3n) is 5.06. The minimum atomic E-state index is -0.854. The highest BCUT2D eigenvalue weighted by Gasteiger charge is 2.37. The summed E-state index contributed by atoms with van der Waals surface area (Å²) in [6.07, 6.45) is 5.75. The van der Waals surface area contributed by atoms with E-state index in [0.29, 0.717) is 30.3 Å². The van der Waals surface area contributed by atoms with Gasteiger partial charge in [0.15, 0.2) is 0 Å². The van der Waals surface area contributed by atoms with Crippen molar-refractivity contribution >= 4 is 17.5 Å². The Balaban J connectivity index is 1.43. The van der Waals surface area contributed by atoms with Crippen LogP contribution in [0.5, 0.6) is 0 Å². The van der Waals surface area contributed by atoms with Crippen LogP contribution < -0.4 is 5.32 Å². The number of aromatic nitrogens is 2. The molecule has 2 N–H and O–H groups in total. The van der Waals surface area contributed by atoms with E-state index < -0.39 is 12.1 Å². The number of anilines is 1. The monoisotopic (exact) mass is 382 g/mol. The fourth-order valence-corrected chi connectivity index (χ4v) is 3.30. The Bertz CT molecular complexity index is 839. The van der Waals surface area contributed by atoms with Crippen molar-refractivity contribution in [2.45, 2.75) is 25.0 Å². The van der Waals surface area contributed by atoms with E-state index in [1.807, 2.05) is 0 Å². The first-order valence-corrected chi connectivity index (χ1v) is 9.34. The number of hydrogen-bond donors (Lipinski definition) is 2. The summed E-state index contributed by atoms with van der Waals surface area (Å²) in [5.41, 5.74) is 1.47. The molecule has 28 heavy (non-hydrogen) atoms. The lowest BCUT2D eigenvalue weighted by Crippen LogP contribution is -2.52. The van der Waals surface area contributed by atoms with Crippen LogP contribution in [0.4, 0.5) is 5.69 Å². The number of aliphatic hydroxyl groups excluding tert-OH is 1. The number of aliphatic hydroxyl groups is 1. The number of carbonyl (C=O) groups is 2. The Morgan fingerprint density at radius 2 is 2.07 bits per heavy atom. The molecule has 0 radical (unpaired) electrons. The molecule has 1 aliphatic carbocycles. The first-order chi connectivity index (χ1) is 13.6. The fraction of sp³-hybridized carbons (Fsp3) is 0.400. The molecule has 1 aliphatic heterocycles. The van der Waals surface area contributed by atoms with E-state index in [2.05, 4.69) is 15.3 Å². The van der Waals surface area contributed by atoms with Crippen molar-refractivity contribution in [2.24, 2.45) is 5.92 Å². The van der Waals surface area contributed by atoms with E-state index in [1.165, 1.54) is 18.6 Å².